The minimum Gasteiger partial charge on any atom is -0.383 e. The number of rotatable bonds is 10. The van der Waals surface area contributed by atoms with E-state index in [0.717, 1.165) is 17.2 Å². The van der Waals surface area contributed by atoms with Crippen molar-refractivity contribution in [3.8, 4) is 0 Å². The number of carbonyl (C=O) groups is 2. The van der Waals surface area contributed by atoms with E-state index in [4.69, 9.17) is 10.5 Å². The van der Waals surface area contributed by atoms with Crippen LogP contribution in [0.1, 0.15) is 16.8 Å². The molecule has 4 rings (SSSR count). The molecule has 1 aromatic carbocycles. The molecule has 4 aromatic rings. The third-order valence-corrected chi connectivity index (χ3v) is 7.88. The molecule has 3 heterocycles. The molecule has 3 N–H and O–H groups in total. The van der Waals surface area contributed by atoms with Crippen LogP contribution in [0.15, 0.2) is 61.1 Å². The van der Waals surface area contributed by atoms with Crippen LogP contribution in [0.3, 0.4) is 0 Å². The van der Waals surface area contributed by atoms with Gasteiger partial charge in [0.1, 0.15) is 12.5 Å². The normalized spacial score (nSPS) is 11.2. The first kappa shape index (κ1) is 31.0. The van der Waals surface area contributed by atoms with E-state index in [-0.39, 0.29) is 42.7 Å². The summed E-state index contributed by atoms with van der Waals surface area (Å²) in [6, 6.07) is 14.3. The Labute approximate surface area is 245 Å². The minimum absolute atomic E-state index is 0. The van der Waals surface area contributed by atoms with E-state index in [1.54, 1.807) is 23.1 Å². The quantitative estimate of drug-likeness (QED) is 0.157. The molecule has 0 spiro atoms. The molecular formula is C28H35CuN7O3Si. The summed E-state index contributed by atoms with van der Waals surface area (Å²) in [5.74, 6) is -1.21. The molecule has 0 aliphatic carbocycles. The number of nitrogens with one attached hydrogen (secondary N) is 1. The number of amides is 2. The summed E-state index contributed by atoms with van der Waals surface area (Å²) in [5, 5.41) is 7.69. The molecule has 0 fully saturated rings. The summed E-state index contributed by atoms with van der Waals surface area (Å²) in [5.41, 5.74) is 9.62. The maximum absolute atomic E-state index is 13.5. The number of pyridine rings is 2. The van der Waals surface area contributed by atoms with Gasteiger partial charge in [-0.05, 0) is 30.7 Å². The monoisotopic (exact) mass is 608 g/mol. The number of hydrogen-bond donors (Lipinski definition) is 2. The summed E-state index contributed by atoms with van der Waals surface area (Å²) in [6.07, 6.45) is 4.68. The van der Waals surface area contributed by atoms with Gasteiger partial charge in [0.2, 0.25) is 0 Å². The summed E-state index contributed by atoms with van der Waals surface area (Å²) < 4.78 is 7.49. The zero-order valence-corrected chi connectivity index (χ0v) is 25.1. The van der Waals surface area contributed by atoms with Crippen molar-refractivity contribution in [1.82, 2.24) is 24.6 Å². The van der Waals surface area contributed by atoms with Gasteiger partial charge in [-0.2, -0.15) is 5.10 Å². The molecule has 0 saturated heterocycles. The Kier molecular flexibility index (Phi) is 10.6. The van der Waals surface area contributed by atoms with Gasteiger partial charge in [-0.1, -0.05) is 55.5 Å². The van der Waals surface area contributed by atoms with Crippen molar-refractivity contribution in [2.75, 3.05) is 17.7 Å². The van der Waals surface area contributed by atoms with Gasteiger partial charge in [0.15, 0.2) is 0 Å². The standard InChI is InChI=1S/C28H35N7O3Si.Cu/c1-20-8-7-9-21(14-20)17-34(18-22-10-5-6-11-30-22)28(37)27(36)33-24-16-31-26(29)23-15-32-35(25(23)24)19-38-12-13-39(2,3)4;/h5-11,14-16H,12-13,17-19H2,1-4H3,(H2,29,31)(H,33,36);. The SMILES string of the molecule is Cc1cccc(CN(Cc2ccccn2)C(=O)C(=O)Nc2cnc(N)c3cnn(COCC[Si](C)(C)C)c23)c1.[Cu]. The van der Waals surface area contributed by atoms with Gasteiger partial charge in [0.25, 0.3) is 0 Å². The second-order valence-electron chi connectivity index (χ2n) is 10.7. The molecule has 0 atom stereocenters. The van der Waals surface area contributed by atoms with E-state index in [9.17, 15) is 9.59 Å². The molecule has 40 heavy (non-hydrogen) atoms. The summed E-state index contributed by atoms with van der Waals surface area (Å²) >= 11 is 0. The van der Waals surface area contributed by atoms with Crippen LogP contribution in [-0.4, -0.2) is 51.1 Å². The van der Waals surface area contributed by atoms with Crippen molar-refractivity contribution in [2.24, 2.45) is 0 Å². The van der Waals surface area contributed by atoms with Crippen LogP contribution < -0.4 is 11.1 Å². The first-order valence-corrected chi connectivity index (χ1v) is 16.5. The molecule has 3 aromatic heterocycles. The fourth-order valence-corrected chi connectivity index (χ4v) is 4.83. The zero-order chi connectivity index (χ0) is 28.0. The van der Waals surface area contributed by atoms with Crippen molar-refractivity contribution in [3.05, 3.63) is 77.9 Å². The van der Waals surface area contributed by atoms with E-state index < -0.39 is 19.9 Å². The molecule has 0 aliphatic rings. The van der Waals surface area contributed by atoms with Crippen molar-refractivity contribution < 1.29 is 31.4 Å². The summed E-state index contributed by atoms with van der Waals surface area (Å²) in [7, 11) is -1.25. The predicted molar refractivity (Wildman–Crippen MR) is 154 cm³/mol. The maximum Gasteiger partial charge on any atom is 0.314 e. The number of aryl methyl sites for hydroxylation is 1. The van der Waals surface area contributed by atoms with Crippen LogP contribution in [0.4, 0.5) is 11.5 Å². The van der Waals surface area contributed by atoms with E-state index in [0.29, 0.717) is 28.9 Å². The van der Waals surface area contributed by atoms with Crippen LogP contribution in [0.2, 0.25) is 25.7 Å². The summed E-state index contributed by atoms with van der Waals surface area (Å²) in [4.78, 5) is 36.8. The fraction of sp³-hybridized carbons (Fsp3) is 0.321. The number of anilines is 2. The van der Waals surface area contributed by atoms with Gasteiger partial charge in [-0.3, -0.25) is 14.6 Å². The minimum atomic E-state index is -1.25. The van der Waals surface area contributed by atoms with Crippen molar-refractivity contribution in [2.45, 2.75) is 52.4 Å². The Bertz CT molecular complexity index is 1460. The molecule has 2 amide bonds. The second-order valence-corrected chi connectivity index (χ2v) is 16.4. The number of nitrogen functional groups attached to an aromatic ring is 1. The van der Waals surface area contributed by atoms with Crippen molar-refractivity contribution >= 4 is 42.3 Å². The van der Waals surface area contributed by atoms with Crippen LogP contribution in [-0.2, 0) is 51.2 Å². The molecular weight excluding hydrogens is 574 g/mol. The molecule has 0 saturated carbocycles. The van der Waals surface area contributed by atoms with Crippen LogP contribution in [0.5, 0.6) is 0 Å². The number of nitrogens with two attached hydrogens (primary N) is 1. The van der Waals surface area contributed by atoms with E-state index in [1.165, 1.54) is 11.1 Å². The Balaban J connectivity index is 0.00000441. The molecule has 0 aliphatic heterocycles. The molecule has 215 valence electrons. The van der Waals surface area contributed by atoms with E-state index in [2.05, 4.69) is 40.0 Å². The Hall–Kier alpha value is -3.57. The smallest absolute Gasteiger partial charge is 0.314 e. The van der Waals surface area contributed by atoms with Gasteiger partial charge < -0.3 is 20.7 Å². The number of benzene rings is 1. The zero-order valence-electron chi connectivity index (χ0n) is 23.1. The molecule has 10 nitrogen and oxygen atoms in total. The molecule has 0 bridgehead atoms. The van der Waals surface area contributed by atoms with Crippen molar-refractivity contribution in [3.63, 3.8) is 0 Å². The number of hydrogen-bond acceptors (Lipinski definition) is 7. The fourth-order valence-electron chi connectivity index (χ4n) is 4.08. The second kappa shape index (κ2) is 13.7. The van der Waals surface area contributed by atoms with E-state index >= 15 is 0 Å². The third kappa shape index (κ3) is 8.22. The topological polar surface area (TPSA) is 128 Å². The van der Waals surface area contributed by atoms with Gasteiger partial charge in [-0.25, -0.2) is 9.67 Å². The van der Waals surface area contributed by atoms with Gasteiger partial charge >= 0.3 is 11.8 Å². The van der Waals surface area contributed by atoms with E-state index in [1.807, 2.05) is 43.3 Å². The average Bonchev–Trinajstić information content (AvgIpc) is 3.33. The number of nitrogens with zero attached hydrogens (tertiary/aromatic N) is 5. The first-order valence-electron chi connectivity index (χ1n) is 12.8. The predicted octanol–water partition coefficient (Wildman–Crippen LogP) is 4.19. The Morgan fingerprint density at radius 2 is 1.88 bits per heavy atom. The third-order valence-electron chi connectivity index (χ3n) is 6.18. The molecule has 1 radical (unpaired) electrons. The van der Waals surface area contributed by atoms with Gasteiger partial charge in [0.05, 0.1) is 41.2 Å². The molecule has 0 unspecified atom stereocenters. The Morgan fingerprint density at radius 1 is 1.07 bits per heavy atom. The number of carbonyl (C=O) groups excluding carboxylic acids is 2. The molecule has 12 heteroatoms. The number of aromatic nitrogens is 4. The number of ether oxygens (including phenoxy) is 1. The Morgan fingerprint density at radius 3 is 2.58 bits per heavy atom. The average molecular weight is 609 g/mol. The first-order chi connectivity index (χ1) is 18.6. The van der Waals surface area contributed by atoms with Crippen molar-refractivity contribution in [1.29, 1.82) is 0 Å². The summed E-state index contributed by atoms with van der Waals surface area (Å²) in [6.45, 7) is 10.1. The van der Waals surface area contributed by atoms with Crippen LogP contribution in [0, 0.1) is 6.92 Å². The van der Waals surface area contributed by atoms with Crippen LogP contribution in [0.25, 0.3) is 10.9 Å². The van der Waals surface area contributed by atoms with Gasteiger partial charge in [0, 0.05) is 44.5 Å². The number of fused-ring (bicyclic) bond motifs is 1. The van der Waals surface area contributed by atoms with Crippen LogP contribution >= 0.6 is 0 Å². The largest absolute Gasteiger partial charge is 0.383 e. The maximum atomic E-state index is 13.5. The van der Waals surface area contributed by atoms with Gasteiger partial charge in [-0.15, -0.1) is 0 Å².